The largest absolute Gasteiger partial charge is 0.309 e. The van der Waals surface area contributed by atoms with Gasteiger partial charge in [-0.25, -0.2) is 24.9 Å². The monoisotopic (exact) mass is 1090 g/mol. The Kier molecular flexibility index (Phi) is 9.85. The van der Waals surface area contributed by atoms with E-state index in [9.17, 15) is 0 Å². The lowest BCUT2D eigenvalue weighted by molar-refractivity contribution is 0.660. The van der Waals surface area contributed by atoms with E-state index in [0.29, 0.717) is 23.3 Å². The average molecular weight is 1090 g/mol. The number of para-hydroxylation sites is 3. The normalized spacial score (nSPS) is 14.9. The maximum Gasteiger partial charge on any atom is 0.164 e. The van der Waals surface area contributed by atoms with Crippen LogP contribution in [-0.4, -0.2) is 29.5 Å². The van der Waals surface area contributed by atoms with E-state index in [1.807, 2.05) is 18.2 Å². The number of hydrogen-bond acceptors (Lipinski definition) is 6. The van der Waals surface area contributed by atoms with Gasteiger partial charge < -0.3 is 4.57 Å². The molecule has 6 nitrogen and oxygen atoms in total. The third-order valence-corrected chi connectivity index (χ3v) is 19.4. The van der Waals surface area contributed by atoms with Crippen molar-refractivity contribution < 1.29 is 0 Å². The van der Waals surface area contributed by atoms with Crippen molar-refractivity contribution in [3.05, 3.63) is 288 Å². The molecule has 0 N–H and O–H groups in total. The molecule has 84 heavy (non-hydrogen) atoms. The Bertz CT molecular complexity index is 5310. The van der Waals surface area contributed by atoms with Gasteiger partial charge in [-0.3, -0.25) is 0 Å². The van der Waals surface area contributed by atoms with Crippen LogP contribution < -0.4 is 0 Å². The van der Waals surface area contributed by atoms with E-state index in [-0.39, 0.29) is 5.41 Å². The van der Waals surface area contributed by atoms with Gasteiger partial charge in [0.15, 0.2) is 23.3 Å². The summed E-state index contributed by atoms with van der Waals surface area (Å²) < 4.78 is 4.76. The van der Waals surface area contributed by atoms with Gasteiger partial charge in [0, 0.05) is 54.1 Å². The van der Waals surface area contributed by atoms with E-state index in [1.165, 1.54) is 71.0 Å². The zero-order valence-corrected chi connectivity index (χ0v) is 46.7. The van der Waals surface area contributed by atoms with Gasteiger partial charge in [-0.05, 0) is 103 Å². The molecule has 1 spiro atoms. The molecule has 11 aromatic carbocycles. The van der Waals surface area contributed by atoms with Crippen LogP contribution in [0.4, 0.5) is 0 Å². The van der Waals surface area contributed by atoms with E-state index in [4.69, 9.17) is 24.9 Å². The van der Waals surface area contributed by atoms with Gasteiger partial charge in [0.25, 0.3) is 0 Å². The highest BCUT2D eigenvalue weighted by molar-refractivity contribution is 7.26. The first-order chi connectivity index (χ1) is 41.4. The molecule has 3 aliphatic rings. The fourth-order valence-corrected chi connectivity index (χ4v) is 15.7. The topological polar surface area (TPSA) is 69.4 Å². The molecule has 1 aliphatic heterocycles. The molecule has 0 saturated heterocycles. The number of thiophene rings is 1. The zero-order chi connectivity index (χ0) is 55.4. The highest BCUT2D eigenvalue weighted by Gasteiger charge is 2.52. The van der Waals surface area contributed by atoms with Crippen molar-refractivity contribution in [2.45, 2.75) is 24.7 Å². The van der Waals surface area contributed by atoms with Crippen LogP contribution in [0.15, 0.2) is 255 Å². The number of benzene rings is 11. The van der Waals surface area contributed by atoms with Crippen LogP contribution in [0.2, 0.25) is 0 Å². The van der Waals surface area contributed by atoms with Crippen LogP contribution in [0.3, 0.4) is 0 Å². The fraction of sp³-hybridized carbons (Fsp3) is 0.0519. The van der Waals surface area contributed by atoms with Crippen LogP contribution in [0.5, 0.6) is 0 Å². The molecule has 0 saturated carbocycles. The van der Waals surface area contributed by atoms with Gasteiger partial charge in [-0.15, -0.1) is 11.3 Å². The summed E-state index contributed by atoms with van der Waals surface area (Å²) in [5.74, 6) is 2.47. The second kappa shape index (κ2) is 17.5. The summed E-state index contributed by atoms with van der Waals surface area (Å²) in [5, 5.41) is 3.58. The van der Waals surface area contributed by atoms with E-state index < -0.39 is 5.41 Å². The second-order valence-electron chi connectivity index (χ2n) is 23.0. The van der Waals surface area contributed by atoms with E-state index >= 15 is 0 Å². The molecule has 15 aromatic rings. The van der Waals surface area contributed by atoms with Gasteiger partial charge in [0.1, 0.15) is 0 Å². The third-order valence-electron chi connectivity index (χ3n) is 18.3. The molecule has 1 atom stereocenters. The highest BCUT2D eigenvalue weighted by Crippen LogP contribution is 2.63. The predicted molar refractivity (Wildman–Crippen MR) is 344 cm³/mol. The molecule has 18 rings (SSSR count). The maximum atomic E-state index is 5.73. The molecule has 0 bridgehead atoms. The smallest absolute Gasteiger partial charge is 0.164 e. The Morgan fingerprint density at radius 3 is 1.81 bits per heavy atom. The Labute approximate surface area is 488 Å². The Balaban J connectivity index is 0.916. The van der Waals surface area contributed by atoms with Crippen molar-refractivity contribution in [1.82, 2.24) is 29.5 Å². The van der Waals surface area contributed by atoms with Crippen LogP contribution in [-0.2, 0) is 10.8 Å². The lowest BCUT2D eigenvalue weighted by Gasteiger charge is -2.39. The molecule has 7 heteroatoms. The summed E-state index contributed by atoms with van der Waals surface area (Å²) in [7, 11) is 0. The number of aromatic nitrogens is 6. The number of nitrogens with zero attached hydrogens (tertiary/aromatic N) is 6. The fourth-order valence-electron chi connectivity index (χ4n) is 14.6. The molecular formula is C77H48N6S. The first kappa shape index (κ1) is 47.2. The van der Waals surface area contributed by atoms with Crippen molar-refractivity contribution in [3.63, 3.8) is 0 Å². The van der Waals surface area contributed by atoms with E-state index in [0.717, 1.165) is 77.1 Å². The maximum absolute atomic E-state index is 5.73. The number of fused-ring (bicyclic) bond motifs is 18. The third kappa shape index (κ3) is 6.52. The molecule has 392 valence electrons. The Morgan fingerprint density at radius 1 is 0.345 bits per heavy atom. The SMILES string of the molecule is CC1(C)c2ccccc2-c2ccc(-c3nc(-c4ccc5c(c4)-c4c(-c6nc(-c7ccccc7)nc(-c7cccc(-c8ccccc8)c7)n6)cccc4C54c5ccccc5-n5c6ccccc6c6cccc4c65)nc4c3sc3ccccc34)cc21. The zero-order valence-electron chi connectivity index (χ0n) is 45.8. The molecule has 0 radical (unpaired) electrons. The summed E-state index contributed by atoms with van der Waals surface area (Å²) in [4.78, 5) is 27.7. The molecule has 4 aromatic heterocycles. The molecular weight excluding hydrogens is 1040 g/mol. The van der Waals surface area contributed by atoms with Gasteiger partial charge in [-0.1, -0.05) is 232 Å². The first-order valence-corrected chi connectivity index (χ1v) is 29.5. The molecule has 1 unspecified atom stereocenters. The Morgan fingerprint density at radius 2 is 0.940 bits per heavy atom. The van der Waals surface area contributed by atoms with Crippen molar-refractivity contribution in [1.29, 1.82) is 0 Å². The molecule has 0 amide bonds. The Hall–Kier alpha value is -10.5. The van der Waals surface area contributed by atoms with Crippen molar-refractivity contribution in [3.8, 4) is 95.9 Å². The minimum absolute atomic E-state index is 0.179. The van der Waals surface area contributed by atoms with Crippen molar-refractivity contribution >= 4 is 53.4 Å². The summed E-state index contributed by atoms with van der Waals surface area (Å²) in [6.45, 7) is 4.69. The van der Waals surface area contributed by atoms with Crippen molar-refractivity contribution in [2.75, 3.05) is 0 Å². The van der Waals surface area contributed by atoms with Gasteiger partial charge in [-0.2, -0.15) is 0 Å². The molecule has 2 aliphatic carbocycles. The van der Waals surface area contributed by atoms with Crippen LogP contribution >= 0.6 is 11.3 Å². The number of rotatable bonds is 6. The lowest BCUT2D eigenvalue weighted by atomic mass is 9.65. The minimum Gasteiger partial charge on any atom is -0.309 e. The summed E-state index contributed by atoms with van der Waals surface area (Å²) in [6, 6.07) is 92.4. The summed E-state index contributed by atoms with van der Waals surface area (Å²) in [6.07, 6.45) is 0. The van der Waals surface area contributed by atoms with Gasteiger partial charge in [0.2, 0.25) is 0 Å². The highest BCUT2D eigenvalue weighted by atomic mass is 32.1. The van der Waals surface area contributed by atoms with E-state index in [1.54, 1.807) is 11.3 Å². The van der Waals surface area contributed by atoms with Crippen LogP contribution in [0, 0.1) is 0 Å². The molecule has 5 heterocycles. The van der Waals surface area contributed by atoms with Crippen LogP contribution in [0.25, 0.3) is 138 Å². The van der Waals surface area contributed by atoms with Gasteiger partial charge in [0.05, 0.1) is 38.0 Å². The quantitative estimate of drug-likeness (QED) is 0.166. The standard InChI is InChI=1S/C77H48N6S/c1-76(2)58-31-12-9-26-51(58)52-40-38-48(44-63(52)76)68-71-69(55-28-11-16-37-66(55)84-71)79-73(78-68)50-39-41-59-57(43-50)67-56(75-81-72(46-22-7-4-8-23-46)80-74(82-75)49-25-17-24-47(42-49)45-20-5-3-6-21-45)30-19-33-61(67)77(59)60-32-13-15-36-65(60)83-64-35-14-10-27-53(64)54-29-18-34-62(77)70(54)83/h3-44H,1-2H3. The summed E-state index contributed by atoms with van der Waals surface area (Å²) >= 11 is 1.77. The second-order valence-corrected chi connectivity index (χ2v) is 24.1. The van der Waals surface area contributed by atoms with Crippen LogP contribution in [0.1, 0.15) is 47.2 Å². The van der Waals surface area contributed by atoms with E-state index in [2.05, 4.69) is 255 Å². The molecule has 0 fully saturated rings. The number of hydrogen-bond donors (Lipinski definition) is 0. The lowest BCUT2D eigenvalue weighted by Crippen LogP contribution is -2.33. The minimum atomic E-state index is -0.754. The average Bonchev–Trinajstić information content (AvgIpc) is 1.53. The first-order valence-electron chi connectivity index (χ1n) is 28.7. The van der Waals surface area contributed by atoms with Gasteiger partial charge >= 0.3 is 0 Å². The predicted octanol–water partition coefficient (Wildman–Crippen LogP) is 19.1. The summed E-state index contributed by atoms with van der Waals surface area (Å²) in [5.41, 5.74) is 23.7. The van der Waals surface area contributed by atoms with Crippen molar-refractivity contribution in [2.24, 2.45) is 0 Å².